The van der Waals surface area contributed by atoms with Gasteiger partial charge in [0.15, 0.2) is 6.10 Å². The third-order valence-corrected chi connectivity index (χ3v) is 5.95. The van der Waals surface area contributed by atoms with E-state index in [1.807, 2.05) is 6.07 Å². The summed E-state index contributed by atoms with van der Waals surface area (Å²) in [7, 11) is -3.63. The molecule has 8 nitrogen and oxygen atoms in total. The number of carbonyl (C=O) groups is 2. The minimum Gasteiger partial charge on any atom is -0.479 e. The lowest BCUT2D eigenvalue weighted by Gasteiger charge is -2.15. The summed E-state index contributed by atoms with van der Waals surface area (Å²) in [6, 6.07) is 18.9. The van der Waals surface area contributed by atoms with E-state index in [1.165, 1.54) is 0 Å². The molecule has 0 aliphatic rings. The van der Waals surface area contributed by atoms with Crippen LogP contribution in [0.25, 0.3) is 11.1 Å². The number of hydrogen-bond donors (Lipinski definition) is 2. The van der Waals surface area contributed by atoms with Gasteiger partial charge in [-0.3, -0.25) is 4.79 Å². The summed E-state index contributed by atoms with van der Waals surface area (Å²) in [4.78, 5) is 24.5. The van der Waals surface area contributed by atoms with Crippen molar-refractivity contribution in [3.05, 3.63) is 96.1 Å². The highest BCUT2D eigenvalue weighted by atomic mass is 32.2. The summed E-state index contributed by atoms with van der Waals surface area (Å²) < 4.78 is 32.9. The van der Waals surface area contributed by atoms with E-state index in [0.717, 1.165) is 28.5 Å². The normalized spacial score (nSPS) is 11.9. The number of allylic oxidation sites excluding steroid dienone is 1. The number of ether oxygens (including phenoxy) is 1. The van der Waals surface area contributed by atoms with Gasteiger partial charge in [0.05, 0.1) is 6.26 Å². The van der Waals surface area contributed by atoms with Crippen molar-refractivity contribution < 1.29 is 32.0 Å². The van der Waals surface area contributed by atoms with Crippen molar-refractivity contribution in [1.29, 1.82) is 0 Å². The Bertz CT molecular complexity index is 1360. The zero-order valence-corrected chi connectivity index (χ0v) is 21.5. The fourth-order valence-corrected chi connectivity index (χ4v) is 4.32. The van der Waals surface area contributed by atoms with Crippen LogP contribution in [0.4, 0.5) is 5.69 Å². The third kappa shape index (κ3) is 7.77. The molecule has 2 N–H and O–H groups in total. The van der Waals surface area contributed by atoms with Crippen LogP contribution in [0.5, 0.6) is 5.75 Å². The highest BCUT2D eigenvalue weighted by Gasteiger charge is 2.19. The fraction of sp³-hybridized carbons (Fsp3) is 0.214. The molecule has 0 aromatic heterocycles. The van der Waals surface area contributed by atoms with Crippen molar-refractivity contribution >= 4 is 27.7 Å². The van der Waals surface area contributed by atoms with Gasteiger partial charge in [-0.15, -0.1) is 6.58 Å². The molecule has 0 unspecified atom stereocenters. The van der Waals surface area contributed by atoms with Gasteiger partial charge in [0.2, 0.25) is 0 Å². The Morgan fingerprint density at radius 3 is 2.30 bits per heavy atom. The first kappa shape index (κ1) is 27.6. The molecular formula is C28H29NO7S. The predicted octanol–water partition coefficient (Wildman–Crippen LogP) is 4.71. The van der Waals surface area contributed by atoms with Crippen LogP contribution in [0.3, 0.4) is 0 Å². The first-order chi connectivity index (χ1) is 17.6. The van der Waals surface area contributed by atoms with Gasteiger partial charge < -0.3 is 19.3 Å². The molecule has 0 aliphatic heterocycles. The van der Waals surface area contributed by atoms with Gasteiger partial charge >= 0.3 is 16.1 Å². The number of carboxylic acids is 1. The summed E-state index contributed by atoms with van der Waals surface area (Å²) in [6.07, 6.45) is 2.42. The van der Waals surface area contributed by atoms with Crippen molar-refractivity contribution in [2.75, 3.05) is 18.2 Å². The number of carbonyl (C=O) groups excluding carboxylic acids is 1. The minimum atomic E-state index is -3.63. The van der Waals surface area contributed by atoms with Crippen molar-refractivity contribution in [1.82, 2.24) is 0 Å². The van der Waals surface area contributed by atoms with Gasteiger partial charge in [-0.25, -0.2) is 4.79 Å². The average Bonchev–Trinajstić information content (AvgIpc) is 2.84. The summed E-state index contributed by atoms with van der Waals surface area (Å²) in [6.45, 7) is 5.86. The molecule has 1 atom stereocenters. The van der Waals surface area contributed by atoms with E-state index in [2.05, 4.69) is 11.9 Å². The molecule has 0 spiro atoms. The summed E-state index contributed by atoms with van der Waals surface area (Å²) in [5.41, 5.74) is 4.18. The smallest absolute Gasteiger partial charge is 0.333 e. The van der Waals surface area contributed by atoms with Crippen LogP contribution < -0.4 is 9.50 Å². The molecular weight excluding hydrogens is 494 g/mol. The summed E-state index contributed by atoms with van der Waals surface area (Å²) in [5, 5.41) is 12.2. The fourth-order valence-electron chi connectivity index (χ4n) is 3.85. The second-order valence-corrected chi connectivity index (χ2v) is 9.85. The monoisotopic (exact) mass is 523 g/mol. The van der Waals surface area contributed by atoms with Gasteiger partial charge in [-0.1, -0.05) is 42.5 Å². The van der Waals surface area contributed by atoms with Crippen LogP contribution >= 0.6 is 0 Å². The van der Waals surface area contributed by atoms with E-state index >= 15 is 0 Å². The Labute approximate surface area is 216 Å². The van der Waals surface area contributed by atoms with Gasteiger partial charge in [-0.05, 0) is 65.9 Å². The molecule has 9 heteroatoms. The van der Waals surface area contributed by atoms with Crippen molar-refractivity contribution in [3.63, 3.8) is 0 Å². The third-order valence-electron chi connectivity index (χ3n) is 5.46. The van der Waals surface area contributed by atoms with E-state index in [4.69, 9.17) is 8.92 Å². The lowest BCUT2D eigenvalue weighted by atomic mass is 9.92. The second-order valence-electron chi connectivity index (χ2n) is 8.27. The topological polar surface area (TPSA) is 119 Å². The number of carboxylic acid groups (broad SMARTS) is 1. The van der Waals surface area contributed by atoms with Crippen molar-refractivity contribution in [3.8, 4) is 16.9 Å². The highest BCUT2D eigenvalue weighted by molar-refractivity contribution is 7.86. The lowest BCUT2D eigenvalue weighted by molar-refractivity contribution is -0.149. The second kappa shape index (κ2) is 12.3. The van der Waals surface area contributed by atoms with Crippen LogP contribution in [-0.4, -0.2) is 44.4 Å². The highest BCUT2D eigenvalue weighted by Crippen LogP contribution is 2.29. The van der Waals surface area contributed by atoms with Crippen LogP contribution in [0.1, 0.15) is 28.4 Å². The molecule has 194 valence electrons. The summed E-state index contributed by atoms with van der Waals surface area (Å²) >= 11 is 0. The predicted molar refractivity (Wildman–Crippen MR) is 142 cm³/mol. The Morgan fingerprint density at radius 1 is 1.05 bits per heavy atom. The molecule has 1 amide bonds. The maximum atomic E-state index is 13.2. The first-order valence-electron chi connectivity index (χ1n) is 11.6. The van der Waals surface area contributed by atoms with Crippen LogP contribution in [0, 0.1) is 0 Å². The largest absolute Gasteiger partial charge is 0.479 e. The Morgan fingerprint density at radius 2 is 1.73 bits per heavy atom. The molecule has 3 aromatic carbocycles. The van der Waals surface area contributed by atoms with Gasteiger partial charge in [0, 0.05) is 24.3 Å². The number of aliphatic carboxylic acids is 1. The van der Waals surface area contributed by atoms with E-state index in [9.17, 15) is 23.1 Å². The van der Waals surface area contributed by atoms with Gasteiger partial charge in [-0.2, -0.15) is 8.42 Å². The molecule has 0 heterocycles. The van der Waals surface area contributed by atoms with E-state index in [0.29, 0.717) is 24.3 Å². The zero-order valence-electron chi connectivity index (χ0n) is 20.6. The molecule has 3 aromatic rings. The van der Waals surface area contributed by atoms with Gasteiger partial charge in [0.1, 0.15) is 5.75 Å². The molecule has 0 saturated heterocycles. The van der Waals surface area contributed by atoms with Crippen molar-refractivity contribution in [2.24, 2.45) is 0 Å². The van der Waals surface area contributed by atoms with Gasteiger partial charge in [0.25, 0.3) is 5.91 Å². The van der Waals surface area contributed by atoms with Crippen LogP contribution in [-0.2, 0) is 32.5 Å². The Balaban J connectivity index is 1.82. The number of benzene rings is 3. The molecule has 3 rings (SSSR count). The Kier molecular flexibility index (Phi) is 9.21. The maximum Gasteiger partial charge on any atom is 0.333 e. The first-order valence-corrected chi connectivity index (χ1v) is 13.4. The van der Waals surface area contributed by atoms with Crippen LogP contribution in [0.15, 0.2) is 79.4 Å². The zero-order chi connectivity index (χ0) is 27.0. The molecule has 0 aliphatic carbocycles. The number of amides is 1. The molecule has 0 radical (unpaired) electrons. The molecule has 0 bridgehead atoms. The maximum absolute atomic E-state index is 13.2. The van der Waals surface area contributed by atoms with E-state index in [1.54, 1.807) is 73.7 Å². The number of anilines is 1. The quantitative estimate of drug-likeness (QED) is 0.261. The van der Waals surface area contributed by atoms with E-state index < -0.39 is 22.2 Å². The number of nitrogens with one attached hydrogen (secondary N) is 1. The summed E-state index contributed by atoms with van der Waals surface area (Å²) in [5.74, 6) is -1.13. The standard InChI is InChI=1S/C28H29NO7S/c1-4-7-24-23(20-12-16-22(17-13-20)36-37(3,33)34)8-6-9-25(24)27(30)29-21-14-10-19(11-15-21)18-26(28(31)32)35-5-2/h4,6,8-17,26H,1,5,7,18H2,2-3H3,(H,29,30)(H,31,32)/t26-/m0/s1. The van der Waals surface area contributed by atoms with Crippen molar-refractivity contribution in [2.45, 2.75) is 25.9 Å². The molecule has 0 fully saturated rings. The average molecular weight is 524 g/mol. The van der Waals surface area contributed by atoms with Crippen LogP contribution in [0.2, 0.25) is 0 Å². The number of rotatable bonds is 12. The SMILES string of the molecule is C=CCc1c(C(=O)Nc2ccc(C[C@H](OCC)C(=O)O)cc2)cccc1-c1ccc(OS(C)(=O)=O)cc1. The lowest BCUT2D eigenvalue weighted by Crippen LogP contribution is -2.26. The molecule has 37 heavy (non-hydrogen) atoms. The number of hydrogen-bond acceptors (Lipinski definition) is 6. The molecule has 0 saturated carbocycles. The van der Waals surface area contributed by atoms with E-state index in [-0.39, 0.29) is 18.1 Å². The Hall–Kier alpha value is -3.95. The minimum absolute atomic E-state index is 0.199.